The van der Waals surface area contributed by atoms with Gasteiger partial charge in [0, 0.05) is 30.9 Å². The Bertz CT molecular complexity index is 347. The van der Waals surface area contributed by atoms with Crippen molar-refractivity contribution in [2.45, 2.75) is 43.9 Å². The van der Waals surface area contributed by atoms with Gasteiger partial charge in [-0.15, -0.1) is 11.8 Å². The summed E-state index contributed by atoms with van der Waals surface area (Å²) in [7, 11) is 0. The van der Waals surface area contributed by atoms with Gasteiger partial charge >= 0.3 is 0 Å². The lowest BCUT2D eigenvalue weighted by molar-refractivity contribution is 0.289. The van der Waals surface area contributed by atoms with Crippen molar-refractivity contribution in [3.8, 4) is 0 Å². The molecular weight excluding hydrogens is 234 g/mol. The average Bonchev–Trinajstić information content (AvgIpc) is 2.29. The monoisotopic (exact) mass is 255 g/mol. The summed E-state index contributed by atoms with van der Waals surface area (Å²) in [6.07, 6.45) is 1.62. The first-order chi connectivity index (χ1) is 8.19. The Morgan fingerprint density at radius 2 is 2.18 bits per heavy atom. The fourth-order valence-corrected chi connectivity index (χ4v) is 2.38. The van der Waals surface area contributed by atoms with Crippen molar-refractivity contribution in [3.63, 3.8) is 0 Å². The first-order valence-corrected chi connectivity index (χ1v) is 6.96. The molecule has 1 heterocycles. The van der Waals surface area contributed by atoms with E-state index in [0.29, 0.717) is 5.25 Å². The van der Waals surface area contributed by atoms with Crippen LogP contribution in [0, 0.1) is 0 Å². The van der Waals surface area contributed by atoms with Crippen molar-refractivity contribution in [1.82, 2.24) is 9.97 Å². The normalized spacial score (nSPS) is 12.5. The van der Waals surface area contributed by atoms with Crippen molar-refractivity contribution in [3.05, 3.63) is 11.9 Å². The van der Waals surface area contributed by atoms with E-state index >= 15 is 0 Å². The first-order valence-electron chi connectivity index (χ1n) is 6.08. The van der Waals surface area contributed by atoms with Crippen molar-refractivity contribution in [2.24, 2.45) is 0 Å². The Labute approximate surface area is 107 Å². The largest absolute Gasteiger partial charge is 0.396 e. The second kappa shape index (κ2) is 7.50. The molecule has 1 rings (SSSR count). The molecule has 1 aromatic heterocycles. The van der Waals surface area contributed by atoms with Gasteiger partial charge in [-0.2, -0.15) is 0 Å². The number of anilines is 1. The Morgan fingerprint density at radius 1 is 1.41 bits per heavy atom. The van der Waals surface area contributed by atoms with Crippen LogP contribution in [0.4, 0.5) is 5.82 Å². The van der Waals surface area contributed by atoms with E-state index in [4.69, 9.17) is 5.11 Å². The number of aromatic nitrogens is 2. The predicted molar refractivity (Wildman–Crippen MR) is 72.6 cm³/mol. The number of nitrogens with zero attached hydrogens (tertiary/aromatic N) is 2. The van der Waals surface area contributed by atoms with Crippen molar-refractivity contribution >= 4 is 17.6 Å². The lowest BCUT2D eigenvalue weighted by atomic mass is 10.3. The number of thioether (sulfide) groups is 1. The summed E-state index contributed by atoms with van der Waals surface area (Å²) in [6.45, 7) is 7.28. The molecule has 1 atom stereocenters. The van der Waals surface area contributed by atoms with Crippen LogP contribution in [-0.4, -0.2) is 33.5 Å². The van der Waals surface area contributed by atoms with Gasteiger partial charge < -0.3 is 10.4 Å². The lowest BCUT2D eigenvalue weighted by Crippen LogP contribution is -2.05. The maximum Gasteiger partial charge on any atom is 0.131 e. The van der Waals surface area contributed by atoms with E-state index in [1.807, 2.05) is 6.07 Å². The van der Waals surface area contributed by atoms with Crippen LogP contribution in [0.5, 0.6) is 0 Å². The van der Waals surface area contributed by atoms with E-state index in [2.05, 4.69) is 36.1 Å². The highest BCUT2D eigenvalue weighted by molar-refractivity contribution is 7.99. The molecular formula is C12H21N3OS. The van der Waals surface area contributed by atoms with Gasteiger partial charge in [0.05, 0.1) is 0 Å². The van der Waals surface area contributed by atoms with Crippen LogP contribution in [-0.2, 0) is 6.42 Å². The summed E-state index contributed by atoms with van der Waals surface area (Å²) in [6, 6.07) is 1.97. The molecule has 0 radical (unpaired) electrons. The molecule has 5 heteroatoms. The fraction of sp³-hybridized carbons (Fsp3) is 0.667. The van der Waals surface area contributed by atoms with Gasteiger partial charge in [-0.25, -0.2) is 9.97 Å². The summed E-state index contributed by atoms with van der Waals surface area (Å²) in [5.41, 5.74) is 0. The molecule has 0 aliphatic heterocycles. The number of aryl methyl sites for hydroxylation is 1. The molecule has 1 aromatic rings. The van der Waals surface area contributed by atoms with Gasteiger partial charge in [0.1, 0.15) is 16.7 Å². The van der Waals surface area contributed by atoms with Crippen LogP contribution in [0.3, 0.4) is 0 Å². The summed E-state index contributed by atoms with van der Waals surface area (Å²) >= 11 is 1.69. The molecule has 0 saturated carbocycles. The van der Waals surface area contributed by atoms with Crippen LogP contribution >= 0.6 is 11.8 Å². The van der Waals surface area contributed by atoms with E-state index in [-0.39, 0.29) is 6.61 Å². The molecule has 0 aliphatic carbocycles. The lowest BCUT2D eigenvalue weighted by Gasteiger charge is -2.11. The molecule has 1 unspecified atom stereocenters. The predicted octanol–water partition coefficient (Wildman–Crippen LogP) is 2.33. The van der Waals surface area contributed by atoms with Gasteiger partial charge in [-0.05, 0) is 13.3 Å². The van der Waals surface area contributed by atoms with E-state index in [1.165, 1.54) is 0 Å². The highest BCUT2D eigenvalue weighted by Gasteiger charge is 2.08. The van der Waals surface area contributed by atoms with Gasteiger partial charge in [0.25, 0.3) is 0 Å². The van der Waals surface area contributed by atoms with Crippen molar-refractivity contribution in [1.29, 1.82) is 0 Å². The van der Waals surface area contributed by atoms with Crippen LogP contribution in [0.15, 0.2) is 11.1 Å². The third kappa shape index (κ3) is 4.91. The summed E-state index contributed by atoms with van der Waals surface area (Å²) < 4.78 is 0. The smallest absolute Gasteiger partial charge is 0.131 e. The molecule has 0 fully saturated rings. The van der Waals surface area contributed by atoms with E-state index in [9.17, 15) is 0 Å². The highest BCUT2D eigenvalue weighted by atomic mass is 32.2. The SMILES string of the molecule is CCNc1cc(SC(C)CCO)nc(CC)n1. The van der Waals surface area contributed by atoms with Gasteiger partial charge in [0.2, 0.25) is 0 Å². The minimum Gasteiger partial charge on any atom is -0.396 e. The van der Waals surface area contributed by atoms with Crippen LogP contribution in [0.1, 0.15) is 33.0 Å². The Balaban J connectivity index is 2.79. The summed E-state index contributed by atoms with van der Waals surface area (Å²) in [5.74, 6) is 1.75. The number of hydrogen-bond donors (Lipinski definition) is 2. The third-order valence-electron chi connectivity index (χ3n) is 2.28. The number of hydrogen-bond acceptors (Lipinski definition) is 5. The van der Waals surface area contributed by atoms with Crippen LogP contribution < -0.4 is 5.32 Å². The maximum absolute atomic E-state index is 8.90. The molecule has 0 aromatic carbocycles. The minimum absolute atomic E-state index is 0.222. The number of nitrogens with one attached hydrogen (secondary N) is 1. The molecule has 17 heavy (non-hydrogen) atoms. The van der Waals surface area contributed by atoms with E-state index < -0.39 is 0 Å². The Kier molecular flexibility index (Phi) is 6.29. The van der Waals surface area contributed by atoms with E-state index in [1.54, 1.807) is 11.8 Å². The first kappa shape index (κ1) is 14.3. The zero-order chi connectivity index (χ0) is 12.7. The third-order valence-corrected chi connectivity index (χ3v) is 3.37. The highest BCUT2D eigenvalue weighted by Crippen LogP contribution is 2.25. The molecule has 0 amide bonds. The molecule has 4 nitrogen and oxygen atoms in total. The molecule has 2 N–H and O–H groups in total. The topological polar surface area (TPSA) is 58.0 Å². The van der Waals surface area contributed by atoms with Gasteiger partial charge in [-0.1, -0.05) is 13.8 Å². The second-order valence-electron chi connectivity index (χ2n) is 3.83. The van der Waals surface area contributed by atoms with Crippen LogP contribution in [0.25, 0.3) is 0 Å². The van der Waals surface area contributed by atoms with Crippen molar-refractivity contribution < 1.29 is 5.11 Å². The van der Waals surface area contributed by atoms with Crippen LogP contribution in [0.2, 0.25) is 0 Å². The van der Waals surface area contributed by atoms with E-state index in [0.717, 1.165) is 36.1 Å². The standard InChI is InChI=1S/C12H21N3OS/c1-4-10-14-11(13-5-2)8-12(15-10)17-9(3)6-7-16/h8-9,16H,4-7H2,1-3H3,(H,13,14,15). The number of aliphatic hydroxyl groups excluding tert-OH is 1. The maximum atomic E-state index is 8.90. The molecule has 0 spiro atoms. The summed E-state index contributed by atoms with van der Waals surface area (Å²) in [5, 5.41) is 13.5. The number of rotatable bonds is 7. The zero-order valence-corrected chi connectivity index (χ0v) is 11.5. The minimum atomic E-state index is 0.222. The number of aliphatic hydroxyl groups is 1. The zero-order valence-electron chi connectivity index (χ0n) is 10.7. The van der Waals surface area contributed by atoms with Gasteiger partial charge in [-0.3, -0.25) is 0 Å². The fourth-order valence-electron chi connectivity index (χ4n) is 1.41. The Morgan fingerprint density at radius 3 is 2.76 bits per heavy atom. The summed E-state index contributed by atoms with van der Waals surface area (Å²) in [4.78, 5) is 8.90. The molecule has 96 valence electrons. The van der Waals surface area contributed by atoms with Gasteiger partial charge in [0.15, 0.2) is 0 Å². The average molecular weight is 255 g/mol. The van der Waals surface area contributed by atoms with Crippen molar-refractivity contribution in [2.75, 3.05) is 18.5 Å². The quantitative estimate of drug-likeness (QED) is 0.578. The molecule has 0 aliphatic rings. The second-order valence-corrected chi connectivity index (χ2v) is 5.29. The Hall–Kier alpha value is -0.810. The molecule has 0 saturated heterocycles. The molecule has 0 bridgehead atoms.